The summed E-state index contributed by atoms with van der Waals surface area (Å²) < 4.78 is 6.57. The van der Waals surface area contributed by atoms with E-state index >= 15 is 0 Å². The van der Waals surface area contributed by atoms with Crippen LogP contribution in [0.25, 0.3) is 0 Å². The van der Waals surface area contributed by atoms with Gasteiger partial charge in [-0.25, -0.2) is 0 Å². The first-order chi connectivity index (χ1) is 9.65. The second-order valence-electron chi connectivity index (χ2n) is 5.80. The smallest absolute Gasteiger partial charge is 0.122 e. The van der Waals surface area contributed by atoms with Crippen LogP contribution in [0, 0.1) is 5.41 Å². The molecule has 20 heavy (non-hydrogen) atoms. The van der Waals surface area contributed by atoms with Gasteiger partial charge in [-0.15, -0.1) is 0 Å². The summed E-state index contributed by atoms with van der Waals surface area (Å²) in [6.07, 6.45) is 7.28. The maximum absolute atomic E-state index is 5.89. The number of nitrogens with two attached hydrogens (primary N) is 1. The van der Waals surface area contributed by atoms with Crippen molar-refractivity contribution in [1.29, 1.82) is 0 Å². The number of hydrogen-bond acceptors (Lipinski definition) is 3. The van der Waals surface area contributed by atoms with Gasteiger partial charge in [-0.2, -0.15) is 0 Å². The lowest BCUT2D eigenvalue weighted by Gasteiger charge is -2.37. The molecule has 3 N–H and O–H groups in total. The molecule has 1 fully saturated rings. The molecule has 1 atom stereocenters. The predicted octanol–water partition coefficient (Wildman–Crippen LogP) is 3.80. The Bertz CT molecular complexity index is 444. The highest BCUT2D eigenvalue weighted by Gasteiger charge is 2.39. The van der Waals surface area contributed by atoms with E-state index in [2.05, 4.69) is 34.3 Å². The molecule has 0 spiro atoms. The standard InChI is InChI=1S/C16H25BrN2O/c1-3-16(8-4-5-9-16)15(19-18)11-12-10-13(17)6-7-14(12)20-2/h6-7,10,15,19H,3-5,8-9,11,18H2,1-2H3. The summed E-state index contributed by atoms with van der Waals surface area (Å²) in [5.74, 6) is 6.83. The summed E-state index contributed by atoms with van der Waals surface area (Å²) in [4.78, 5) is 0. The van der Waals surface area contributed by atoms with Crippen LogP contribution < -0.4 is 16.0 Å². The van der Waals surface area contributed by atoms with Crippen LogP contribution in [-0.2, 0) is 6.42 Å². The first-order valence-electron chi connectivity index (χ1n) is 7.43. The Labute approximate surface area is 130 Å². The highest BCUT2D eigenvalue weighted by atomic mass is 79.9. The molecule has 112 valence electrons. The Morgan fingerprint density at radius 3 is 2.65 bits per heavy atom. The van der Waals surface area contributed by atoms with Gasteiger partial charge in [-0.05, 0) is 54.9 Å². The summed E-state index contributed by atoms with van der Waals surface area (Å²) in [6, 6.07) is 6.47. The lowest BCUT2D eigenvalue weighted by atomic mass is 9.74. The third kappa shape index (κ3) is 3.18. The largest absolute Gasteiger partial charge is 0.496 e. The molecule has 0 aromatic heterocycles. The van der Waals surface area contributed by atoms with Crippen molar-refractivity contribution in [2.45, 2.75) is 51.5 Å². The minimum atomic E-state index is 0.304. The molecule has 1 unspecified atom stereocenters. The number of methoxy groups -OCH3 is 1. The van der Waals surface area contributed by atoms with Gasteiger partial charge in [-0.3, -0.25) is 11.3 Å². The molecule has 0 aliphatic heterocycles. The molecule has 0 saturated heterocycles. The van der Waals surface area contributed by atoms with Crippen LogP contribution in [0.5, 0.6) is 5.75 Å². The van der Waals surface area contributed by atoms with Crippen LogP contribution in [0.3, 0.4) is 0 Å². The second kappa shape index (κ2) is 6.92. The third-order valence-corrected chi connectivity index (χ3v) is 5.40. The van der Waals surface area contributed by atoms with Crippen LogP contribution >= 0.6 is 15.9 Å². The lowest BCUT2D eigenvalue weighted by molar-refractivity contribution is 0.184. The van der Waals surface area contributed by atoms with E-state index in [1.54, 1.807) is 7.11 Å². The average molecular weight is 341 g/mol. The first-order valence-corrected chi connectivity index (χ1v) is 8.23. The van der Waals surface area contributed by atoms with Crippen molar-refractivity contribution in [3.05, 3.63) is 28.2 Å². The summed E-state index contributed by atoms with van der Waals surface area (Å²) >= 11 is 3.54. The van der Waals surface area contributed by atoms with Gasteiger partial charge in [-0.1, -0.05) is 35.7 Å². The zero-order valence-electron chi connectivity index (χ0n) is 12.4. The van der Waals surface area contributed by atoms with Crippen molar-refractivity contribution in [2.75, 3.05) is 7.11 Å². The van der Waals surface area contributed by atoms with Crippen molar-refractivity contribution >= 4 is 15.9 Å². The number of benzene rings is 1. The van der Waals surface area contributed by atoms with E-state index in [4.69, 9.17) is 10.6 Å². The van der Waals surface area contributed by atoms with Crippen molar-refractivity contribution in [2.24, 2.45) is 11.3 Å². The molecule has 1 aromatic rings. The van der Waals surface area contributed by atoms with E-state index in [1.807, 2.05) is 12.1 Å². The van der Waals surface area contributed by atoms with Crippen molar-refractivity contribution in [3.63, 3.8) is 0 Å². The Morgan fingerprint density at radius 2 is 2.10 bits per heavy atom. The fourth-order valence-corrected chi connectivity index (χ4v) is 4.01. The van der Waals surface area contributed by atoms with E-state index in [-0.39, 0.29) is 0 Å². The Hall–Kier alpha value is -0.580. The third-order valence-electron chi connectivity index (χ3n) is 4.91. The van der Waals surface area contributed by atoms with Gasteiger partial charge in [0.15, 0.2) is 0 Å². The van der Waals surface area contributed by atoms with Gasteiger partial charge in [0.2, 0.25) is 0 Å². The van der Waals surface area contributed by atoms with E-state index in [1.165, 1.54) is 37.7 Å². The highest BCUT2D eigenvalue weighted by Crippen LogP contribution is 2.45. The number of hydrogen-bond donors (Lipinski definition) is 2. The van der Waals surface area contributed by atoms with Gasteiger partial charge >= 0.3 is 0 Å². The number of hydrazine groups is 1. The predicted molar refractivity (Wildman–Crippen MR) is 86.7 cm³/mol. The van der Waals surface area contributed by atoms with Gasteiger partial charge in [0.1, 0.15) is 5.75 Å². The lowest BCUT2D eigenvalue weighted by Crippen LogP contribution is -2.48. The number of nitrogens with one attached hydrogen (secondary N) is 1. The molecule has 1 aliphatic rings. The zero-order valence-corrected chi connectivity index (χ0v) is 14.0. The molecule has 0 heterocycles. The number of rotatable bonds is 6. The Kier molecular flexibility index (Phi) is 5.47. The molecule has 0 bridgehead atoms. The molecule has 1 aliphatic carbocycles. The van der Waals surface area contributed by atoms with Gasteiger partial charge in [0, 0.05) is 10.5 Å². The second-order valence-corrected chi connectivity index (χ2v) is 6.72. The number of halogens is 1. The van der Waals surface area contributed by atoms with Crippen LogP contribution in [0.2, 0.25) is 0 Å². The van der Waals surface area contributed by atoms with Crippen molar-refractivity contribution in [1.82, 2.24) is 5.43 Å². The van der Waals surface area contributed by atoms with Crippen LogP contribution in [0.15, 0.2) is 22.7 Å². The highest BCUT2D eigenvalue weighted by molar-refractivity contribution is 9.10. The van der Waals surface area contributed by atoms with Gasteiger partial charge < -0.3 is 4.74 Å². The molecule has 1 aromatic carbocycles. The summed E-state index contributed by atoms with van der Waals surface area (Å²) in [5.41, 5.74) is 4.63. The maximum Gasteiger partial charge on any atom is 0.122 e. The molecule has 2 rings (SSSR count). The van der Waals surface area contributed by atoms with E-state index in [0.29, 0.717) is 11.5 Å². The minimum absolute atomic E-state index is 0.304. The SMILES string of the molecule is CCC1(C(Cc2cc(Br)ccc2OC)NN)CCCC1. The van der Waals surface area contributed by atoms with E-state index < -0.39 is 0 Å². The molecule has 3 nitrogen and oxygen atoms in total. The quantitative estimate of drug-likeness (QED) is 0.611. The molecule has 0 amide bonds. The minimum Gasteiger partial charge on any atom is -0.496 e. The van der Waals surface area contributed by atoms with Gasteiger partial charge in [0.25, 0.3) is 0 Å². The molecular formula is C16H25BrN2O. The Balaban J connectivity index is 2.23. The van der Waals surface area contributed by atoms with Crippen molar-refractivity contribution < 1.29 is 4.74 Å². The first kappa shape index (κ1) is 15.8. The van der Waals surface area contributed by atoms with Crippen LogP contribution in [0.4, 0.5) is 0 Å². The molecule has 4 heteroatoms. The van der Waals surface area contributed by atoms with Crippen LogP contribution in [-0.4, -0.2) is 13.2 Å². The number of ether oxygens (including phenoxy) is 1. The maximum atomic E-state index is 5.89. The summed E-state index contributed by atoms with van der Waals surface area (Å²) in [7, 11) is 1.72. The monoisotopic (exact) mass is 340 g/mol. The topological polar surface area (TPSA) is 47.3 Å². The fraction of sp³-hybridized carbons (Fsp3) is 0.625. The molecule has 1 saturated carbocycles. The normalized spacial score (nSPS) is 19.0. The Morgan fingerprint density at radius 1 is 1.40 bits per heavy atom. The molecule has 0 radical (unpaired) electrons. The van der Waals surface area contributed by atoms with Gasteiger partial charge in [0.05, 0.1) is 7.11 Å². The molecular weight excluding hydrogens is 316 g/mol. The fourth-order valence-electron chi connectivity index (χ4n) is 3.61. The van der Waals surface area contributed by atoms with Crippen LogP contribution in [0.1, 0.15) is 44.6 Å². The van der Waals surface area contributed by atoms with E-state index in [0.717, 1.165) is 16.6 Å². The van der Waals surface area contributed by atoms with E-state index in [9.17, 15) is 0 Å². The van der Waals surface area contributed by atoms with Crippen molar-refractivity contribution in [3.8, 4) is 5.75 Å². The summed E-state index contributed by atoms with van der Waals surface area (Å²) in [6.45, 7) is 2.29. The average Bonchev–Trinajstić information content (AvgIpc) is 2.95. The summed E-state index contributed by atoms with van der Waals surface area (Å²) in [5, 5.41) is 0. The zero-order chi connectivity index (χ0) is 14.6.